The molecular formula is C21H21BrN4O. The summed E-state index contributed by atoms with van der Waals surface area (Å²) in [6, 6.07) is 16.7. The molecule has 6 heteroatoms. The molecule has 138 valence electrons. The number of rotatable bonds is 5. The summed E-state index contributed by atoms with van der Waals surface area (Å²) in [5.74, 6) is 1.48. The summed E-state index contributed by atoms with van der Waals surface area (Å²) in [6.45, 7) is 2.23. The van der Waals surface area contributed by atoms with Crippen molar-refractivity contribution >= 4 is 27.6 Å². The van der Waals surface area contributed by atoms with E-state index in [-0.39, 0.29) is 12.6 Å². The van der Waals surface area contributed by atoms with Gasteiger partial charge in [-0.2, -0.15) is 10.1 Å². The molecule has 0 fully saturated rings. The van der Waals surface area contributed by atoms with Crippen molar-refractivity contribution in [2.24, 2.45) is 0 Å². The first kappa shape index (κ1) is 17.9. The van der Waals surface area contributed by atoms with E-state index in [0.29, 0.717) is 12.8 Å². The predicted molar refractivity (Wildman–Crippen MR) is 110 cm³/mol. The van der Waals surface area contributed by atoms with Crippen LogP contribution in [0.3, 0.4) is 0 Å². The second-order valence-electron chi connectivity index (χ2n) is 6.69. The van der Waals surface area contributed by atoms with Gasteiger partial charge in [0.2, 0.25) is 5.95 Å². The van der Waals surface area contributed by atoms with E-state index in [4.69, 9.17) is 10.2 Å². The third kappa shape index (κ3) is 3.82. The van der Waals surface area contributed by atoms with Gasteiger partial charge in [0.05, 0.1) is 0 Å². The lowest BCUT2D eigenvalue weighted by atomic mass is 10.0. The molecule has 5 nitrogen and oxygen atoms in total. The number of hydrogen-bond donors (Lipinski definition) is 2. The molecule has 1 aromatic heterocycles. The van der Waals surface area contributed by atoms with Crippen molar-refractivity contribution < 1.29 is 5.11 Å². The summed E-state index contributed by atoms with van der Waals surface area (Å²) in [7, 11) is 0. The van der Waals surface area contributed by atoms with Crippen molar-refractivity contribution in [1.29, 1.82) is 0 Å². The lowest BCUT2D eigenvalue weighted by molar-refractivity contribution is 0.287. The maximum atomic E-state index is 9.11. The van der Waals surface area contributed by atoms with E-state index < -0.39 is 0 Å². The Bertz CT molecular complexity index is 961. The van der Waals surface area contributed by atoms with Gasteiger partial charge in [-0.3, -0.25) is 0 Å². The highest BCUT2D eigenvalue weighted by Gasteiger charge is 2.25. The smallest absolute Gasteiger partial charge is 0.226 e. The molecule has 1 atom stereocenters. The first-order valence-corrected chi connectivity index (χ1v) is 9.81. The molecule has 2 N–H and O–H groups in total. The van der Waals surface area contributed by atoms with Crippen LogP contribution in [0.15, 0.2) is 59.1 Å². The fourth-order valence-electron chi connectivity index (χ4n) is 3.18. The Hall–Kier alpha value is -2.44. The van der Waals surface area contributed by atoms with Crippen LogP contribution in [0.25, 0.3) is 5.70 Å². The van der Waals surface area contributed by atoms with E-state index in [0.717, 1.165) is 33.1 Å². The predicted octanol–water partition coefficient (Wildman–Crippen LogP) is 4.33. The molecule has 0 bridgehead atoms. The third-order valence-electron chi connectivity index (χ3n) is 4.64. The Labute approximate surface area is 166 Å². The van der Waals surface area contributed by atoms with Crippen LogP contribution in [0.4, 0.5) is 5.95 Å². The standard InChI is InChI=1S/C21H21BrN4O/c1-14-4-6-16(7-5-14)19-13-18(15-8-10-17(22)11-9-15)23-21-24-20(3-2-12-27)25-26(19)21/h4-11,13,19,27H,2-3,12H2,1H3,(H,23,24,25)/t19-/m0/s1. The minimum absolute atomic E-state index is 0.0316. The van der Waals surface area contributed by atoms with Gasteiger partial charge in [-0.15, -0.1) is 0 Å². The molecular weight excluding hydrogens is 404 g/mol. The Morgan fingerprint density at radius 1 is 1.11 bits per heavy atom. The highest BCUT2D eigenvalue weighted by atomic mass is 79.9. The summed E-state index contributed by atoms with van der Waals surface area (Å²) in [5.41, 5.74) is 4.51. The Morgan fingerprint density at radius 2 is 1.85 bits per heavy atom. The van der Waals surface area contributed by atoms with Gasteiger partial charge in [-0.1, -0.05) is 57.9 Å². The molecule has 0 saturated heterocycles. The van der Waals surface area contributed by atoms with Crippen molar-refractivity contribution in [3.8, 4) is 0 Å². The Kier molecular flexibility index (Phi) is 5.09. The molecule has 0 saturated carbocycles. The maximum absolute atomic E-state index is 9.11. The van der Waals surface area contributed by atoms with Crippen LogP contribution in [-0.2, 0) is 6.42 Å². The summed E-state index contributed by atoms with van der Waals surface area (Å²) >= 11 is 3.49. The molecule has 0 aliphatic carbocycles. The zero-order valence-electron chi connectivity index (χ0n) is 15.1. The minimum Gasteiger partial charge on any atom is -0.396 e. The lowest BCUT2D eigenvalue weighted by Crippen LogP contribution is -2.20. The van der Waals surface area contributed by atoms with Gasteiger partial charge in [-0.25, -0.2) is 4.68 Å². The maximum Gasteiger partial charge on any atom is 0.226 e. The zero-order chi connectivity index (χ0) is 18.8. The van der Waals surface area contributed by atoms with Gasteiger partial charge in [0.15, 0.2) is 5.82 Å². The molecule has 0 unspecified atom stereocenters. The number of aryl methyl sites for hydroxylation is 2. The van der Waals surface area contributed by atoms with E-state index in [9.17, 15) is 0 Å². The minimum atomic E-state index is -0.0316. The number of aliphatic hydroxyl groups is 1. The molecule has 4 rings (SSSR count). The second-order valence-corrected chi connectivity index (χ2v) is 7.61. The van der Waals surface area contributed by atoms with E-state index in [1.54, 1.807) is 0 Å². The summed E-state index contributed by atoms with van der Waals surface area (Å²) in [5, 5.41) is 17.2. The monoisotopic (exact) mass is 424 g/mol. The lowest BCUT2D eigenvalue weighted by Gasteiger charge is -2.24. The summed E-state index contributed by atoms with van der Waals surface area (Å²) in [6.07, 6.45) is 3.50. The molecule has 27 heavy (non-hydrogen) atoms. The van der Waals surface area contributed by atoms with Crippen LogP contribution in [0, 0.1) is 6.92 Å². The molecule has 3 aromatic rings. The van der Waals surface area contributed by atoms with Crippen LogP contribution < -0.4 is 5.32 Å². The normalized spacial score (nSPS) is 15.8. The Morgan fingerprint density at radius 3 is 2.56 bits per heavy atom. The number of aromatic nitrogens is 3. The van der Waals surface area contributed by atoms with E-state index >= 15 is 0 Å². The van der Waals surface area contributed by atoms with E-state index in [1.807, 2.05) is 16.8 Å². The van der Waals surface area contributed by atoms with E-state index in [1.165, 1.54) is 5.56 Å². The summed E-state index contributed by atoms with van der Waals surface area (Å²) in [4.78, 5) is 4.65. The van der Waals surface area contributed by atoms with Gasteiger partial charge in [0, 0.05) is 23.2 Å². The van der Waals surface area contributed by atoms with Crippen molar-refractivity contribution in [3.63, 3.8) is 0 Å². The Balaban J connectivity index is 1.76. The van der Waals surface area contributed by atoms with Gasteiger partial charge < -0.3 is 10.4 Å². The number of hydrogen-bond acceptors (Lipinski definition) is 4. The van der Waals surface area contributed by atoms with Gasteiger partial charge in [0.25, 0.3) is 0 Å². The molecule has 0 spiro atoms. The molecule has 0 radical (unpaired) electrons. The van der Waals surface area contributed by atoms with Crippen LogP contribution >= 0.6 is 15.9 Å². The first-order valence-electron chi connectivity index (χ1n) is 9.01. The van der Waals surface area contributed by atoms with Crippen LogP contribution in [-0.4, -0.2) is 26.5 Å². The number of nitrogens with one attached hydrogen (secondary N) is 1. The van der Waals surface area contributed by atoms with E-state index in [2.05, 4.69) is 75.6 Å². The SMILES string of the molecule is Cc1ccc([C@@H]2C=C(c3ccc(Br)cc3)Nc3nc(CCCO)nn32)cc1. The average Bonchev–Trinajstić information content (AvgIpc) is 3.10. The second kappa shape index (κ2) is 7.66. The zero-order valence-corrected chi connectivity index (χ0v) is 16.6. The van der Waals surface area contributed by atoms with Gasteiger partial charge >= 0.3 is 0 Å². The van der Waals surface area contributed by atoms with Crippen molar-refractivity contribution in [1.82, 2.24) is 14.8 Å². The molecule has 2 heterocycles. The number of halogens is 1. The first-order chi connectivity index (χ1) is 13.1. The molecule has 1 aliphatic rings. The topological polar surface area (TPSA) is 63.0 Å². The number of nitrogens with zero attached hydrogens (tertiary/aromatic N) is 3. The highest BCUT2D eigenvalue weighted by molar-refractivity contribution is 9.10. The van der Waals surface area contributed by atoms with Gasteiger partial charge in [0.1, 0.15) is 6.04 Å². The number of anilines is 1. The number of allylic oxidation sites excluding steroid dienone is 1. The number of benzene rings is 2. The molecule has 2 aromatic carbocycles. The van der Waals surface area contributed by atoms with Crippen molar-refractivity contribution in [2.75, 3.05) is 11.9 Å². The molecule has 1 aliphatic heterocycles. The number of aliphatic hydroxyl groups excluding tert-OH is 1. The van der Waals surface area contributed by atoms with Crippen LogP contribution in [0.5, 0.6) is 0 Å². The fraction of sp³-hybridized carbons (Fsp3) is 0.238. The van der Waals surface area contributed by atoms with Crippen molar-refractivity contribution in [3.05, 3.63) is 81.6 Å². The van der Waals surface area contributed by atoms with Crippen LogP contribution in [0.2, 0.25) is 0 Å². The van der Waals surface area contributed by atoms with Crippen LogP contribution in [0.1, 0.15) is 35.0 Å². The summed E-state index contributed by atoms with van der Waals surface area (Å²) < 4.78 is 2.98. The van der Waals surface area contributed by atoms with Crippen molar-refractivity contribution in [2.45, 2.75) is 25.8 Å². The molecule has 0 amide bonds. The fourth-order valence-corrected chi connectivity index (χ4v) is 3.44. The largest absolute Gasteiger partial charge is 0.396 e. The quantitative estimate of drug-likeness (QED) is 0.639. The van der Waals surface area contributed by atoms with Gasteiger partial charge in [-0.05, 0) is 42.7 Å². The highest BCUT2D eigenvalue weighted by Crippen LogP contribution is 2.33. The number of fused-ring (bicyclic) bond motifs is 1. The average molecular weight is 425 g/mol. The third-order valence-corrected chi connectivity index (χ3v) is 5.17.